The maximum absolute atomic E-state index is 3.84. The predicted molar refractivity (Wildman–Crippen MR) is 70.6 cm³/mol. The van der Waals surface area contributed by atoms with E-state index in [-0.39, 0.29) is 0 Å². The molecule has 1 unspecified atom stereocenters. The molecule has 0 saturated heterocycles. The number of hydrogen-bond donors (Lipinski definition) is 1. The fraction of sp³-hybridized carbons (Fsp3) is 0.571. The van der Waals surface area contributed by atoms with Gasteiger partial charge in [0.2, 0.25) is 0 Å². The van der Waals surface area contributed by atoms with Crippen LogP contribution in [0.25, 0.3) is 0 Å². The van der Waals surface area contributed by atoms with Crippen molar-refractivity contribution in [3.05, 3.63) is 33.8 Å². The highest BCUT2D eigenvalue weighted by Crippen LogP contribution is 2.37. The molecule has 2 aliphatic carbocycles. The SMILES string of the molecule is Brc1cccc2c1C(NC1CCCC1)CC2. The van der Waals surface area contributed by atoms with E-state index in [1.807, 2.05) is 0 Å². The molecule has 0 aliphatic heterocycles. The first-order chi connectivity index (χ1) is 7.84. The Balaban J connectivity index is 1.79. The first-order valence-electron chi connectivity index (χ1n) is 6.38. The average molecular weight is 280 g/mol. The lowest BCUT2D eigenvalue weighted by Gasteiger charge is -2.20. The molecule has 86 valence electrons. The van der Waals surface area contributed by atoms with Gasteiger partial charge in [-0.15, -0.1) is 0 Å². The van der Waals surface area contributed by atoms with Crippen molar-refractivity contribution in [2.75, 3.05) is 0 Å². The van der Waals surface area contributed by atoms with Gasteiger partial charge in [0.25, 0.3) is 0 Å². The summed E-state index contributed by atoms with van der Waals surface area (Å²) >= 11 is 3.70. The first-order valence-corrected chi connectivity index (χ1v) is 7.17. The van der Waals surface area contributed by atoms with E-state index in [1.165, 1.54) is 54.1 Å². The van der Waals surface area contributed by atoms with Gasteiger partial charge in [0.15, 0.2) is 0 Å². The molecule has 0 aromatic heterocycles. The molecule has 3 rings (SSSR count). The summed E-state index contributed by atoms with van der Waals surface area (Å²) in [5.74, 6) is 0. The van der Waals surface area contributed by atoms with Crippen LogP contribution in [0.15, 0.2) is 22.7 Å². The van der Waals surface area contributed by atoms with E-state index >= 15 is 0 Å². The van der Waals surface area contributed by atoms with Crippen LogP contribution in [0.4, 0.5) is 0 Å². The summed E-state index contributed by atoms with van der Waals surface area (Å²) < 4.78 is 1.29. The lowest BCUT2D eigenvalue weighted by molar-refractivity contribution is 0.437. The second kappa shape index (κ2) is 4.50. The average Bonchev–Trinajstić information content (AvgIpc) is 2.90. The molecule has 16 heavy (non-hydrogen) atoms. The van der Waals surface area contributed by atoms with Crippen molar-refractivity contribution in [1.82, 2.24) is 5.32 Å². The predicted octanol–water partition coefficient (Wildman–Crippen LogP) is 3.97. The topological polar surface area (TPSA) is 12.0 Å². The van der Waals surface area contributed by atoms with Crippen LogP contribution in [0.2, 0.25) is 0 Å². The molecular formula is C14H18BrN. The summed E-state index contributed by atoms with van der Waals surface area (Å²) in [5.41, 5.74) is 3.05. The molecule has 1 aromatic carbocycles. The molecule has 0 bridgehead atoms. The monoisotopic (exact) mass is 279 g/mol. The highest BCUT2D eigenvalue weighted by Gasteiger charge is 2.27. The molecule has 0 radical (unpaired) electrons. The van der Waals surface area contributed by atoms with Crippen molar-refractivity contribution in [1.29, 1.82) is 0 Å². The number of fused-ring (bicyclic) bond motifs is 1. The van der Waals surface area contributed by atoms with Gasteiger partial charge in [-0.1, -0.05) is 40.9 Å². The van der Waals surface area contributed by atoms with Crippen LogP contribution in [0.1, 0.15) is 49.3 Å². The third-order valence-electron chi connectivity index (χ3n) is 3.99. The van der Waals surface area contributed by atoms with Crippen LogP contribution in [-0.2, 0) is 6.42 Å². The van der Waals surface area contributed by atoms with E-state index in [2.05, 4.69) is 39.4 Å². The molecule has 1 nitrogen and oxygen atoms in total. The Bertz CT molecular complexity index is 382. The van der Waals surface area contributed by atoms with Gasteiger partial charge in [0.1, 0.15) is 0 Å². The number of hydrogen-bond acceptors (Lipinski definition) is 1. The van der Waals surface area contributed by atoms with Gasteiger partial charge in [-0.3, -0.25) is 0 Å². The summed E-state index contributed by atoms with van der Waals surface area (Å²) in [6, 6.07) is 7.96. The van der Waals surface area contributed by atoms with Crippen molar-refractivity contribution < 1.29 is 0 Å². The van der Waals surface area contributed by atoms with Gasteiger partial charge in [-0.2, -0.15) is 0 Å². The summed E-state index contributed by atoms with van der Waals surface area (Å²) in [7, 11) is 0. The molecule has 1 fully saturated rings. The van der Waals surface area contributed by atoms with Gasteiger partial charge >= 0.3 is 0 Å². The fourth-order valence-electron chi connectivity index (χ4n) is 3.18. The van der Waals surface area contributed by atoms with Crippen molar-refractivity contribution in [2.45, 2.75) is 50.6 Å². The van der Waals surface area contributed by atoms with Gasteiger partial charge < -0.3 is 5.32 Å². The Morgan fingerprint density at radius 1 is 1.12 bits per heavy atom. The molecule has 2 heteroatoms. The number of nitrogens with one attached hydrogen (secondary N) is 1. The fourth-order valence-corrected chi connectivity index (χ4v) is 3.86. The maximum Gasteiger partial charge on any atom is 0.0339 e. The lowest BCUT2D eigenvalue weighted by Crippen LogP contribution is -2.29. The quantitative estimate of drug-likeness (QED) is 0.864. The normalized spacial score (nSPS) is 24.9. The first kappa shape index (κ1) is 10.8. The highest BCUT2D eigenvalue weighted by molar-refractivity contribution is 9.10. The molecule has 1 saturated carbocycles. The largest absolute Gasteiger partial charge is 0.307 e. The lowest BCUT2D eigenvalue weighted by atomic mass is 10.1. The van der Waals surface area contributed by atoms with Crippen LogP contribution in [0, 0.1) is 0 Å². The van der Waals surface area contributed by atoms with Crippen LogP contribution >= 0.6 is 15.9 Å². The number of halogens is 1. The molecule has 2 aliphatic rings. The van der Waals surface area contributed by atoms with Gasteiger partial charge in [0.05, 0.1) is 0 Å². The summed E-state index contributed by atoms with van der Waals surface area (Å²) in [6.45, 7) is 0. The number of rotatable bonds is 2. The van der Waals surface area contributed by atoms with Gasteiger partial charge in [-0.25, -0.2) is 0 Å². The second-order valence-corrected chi connectivity index (χ2v) is 5.91. The zero-order chi connectivity index (χ0) is 11.0. The minimum Gasteiger partial charge on any atom is -0.307 e. The maximum atomic E-state index is 3.84. The Morgan fingerprint density at radius 3 is 2.75 bits per heavy atom. The van der Waals surface area contributed by atoms with E-state index in [0.717, 1.165) is 6.04 Å². The van der Waals surface area contributed by atoms with Crippen LogP contribution in [0.5, 0.6) is 0 Å². The van der Waals surface area contributed by atoms with E-state index in [1.54, 1.807) is 0 Å². The summed E-state index contributed by atoms with van der Waals surface area (Å²) in [4.78, 5) is 0. The van der Waals surface area contributed by atoms with E-state index in [9.17, 15) is 0 Å². The molecule has 0 heterocycles. The highest BCUT2D eigenvalue weighted by atomic mass is 79.9. The second-order valence-electron chi connectivity index (χ2n) is 5.05. The minimum atomic E-state index is 0.591. The zero-order valence-corrected chi connectivity index (χ0v) is 11.1. The Kier molecular flexibility index (Phi) is 3.03. The van der Waals surface area contributed by atoms with E-state index < -0.39 is 0 Å². The minimum absolute atomic E-state index is 0.591. The number of aryl methyl sites for hydroxylation is 1. The Morgan fingerprint density at radius 2 is 1.94 bits per heavy atom. The summed E-state index contributed by atoms with van der Waals surface area (Å²) in [6.07, 6.45) is 8.07. The van der Waals surface area contributed by atoms with Crippen LogP contribution < -0.4 is 5.32 Å². The molecule has 1 atom stereocenters. The molecule has 0 amide bonds. The number of benzene rings is 1. The van der Waals surface area contributed by atoms with Gasteiger partial charge in [0, 0.05) is 16.6 Å². The van der Waals surface area contributed by atoms with E-state index in [4.69, 9.17) is 0 Å². The molecule has 0 spiro atoms. The van der Waals surface area contributed by atoms with E-state index in [0.29, 0.717) is 6.04 Å². The summed E-state index contributed by atoms with van der Waals surface area (Å²) in [5, 5.41) is 3.84. The molecular weight excluding hydrogens is 262 g/mol. The van der Waals surface area contributed by atoms with Crippen molar-refractivity contribution in [3.8, 4) is 0 Å². The van der Waals surface area contributed by atoms with Crippen LogP contribution in [0.3, 0.4) is 0 Å². The molecule has 1 aromatic rings. The van der Waals surface area contributed by atoms with Gasteiger partial charge in [-0.05, 0) is 42.9 Å². The van der Waals surface area contributed by atoms with Crippen molar-refractivity contribution in [3.63, 3.8) is 0 Å². The Hall–Kier alpha value is -0.340. The third-order valence-corrected chi connectivity index (χ3v) is 4.68. The zero-order valence-electron chi connectivity index (χ0n) is 9.51. The Labute approximate surface area is 106 Å². The van der Waals surface area contributed by atoms with Crippen molar-refractivity contribution >= 4 is 15.9 Å². The van der Waals surface area contributed by atoms with Crippen LogP contribution in [-0.4, -0.2) is 6.04 Å². The molecule has 1 N–H and O–H groups in total. The van der Waals surface area contributed by atoms with Crippen molar-refractivity contribution in [2.24, 2.45) is 0 Å². The standard InChI is InChI=1S/C14H18BrN/c15-12-7-3-4-10-8-9-13(14(10)12)16-11-5-1-2-6-11/h3-4,7,11,13,16H,1-2,5-6,8-9H2. The smallest absolute Gasteiger partial charge is 0.0339 e. The third kappa shape index (κ3) is 1.93.